The smallest absolute Gasteiger partial charge is 0.0389 e. The highest BCUT2D eigenvalue weighted by Crippen LogP contribution is 2.25. The van der Waals surface area contributed by atoms with Gasteiger partial charge in [-0.2, -0.15) is 0 Å². The zero-order valence-electron chi connectivity index (χ0n) is 10.9. The second kappa shape index (κ2) is 10.1. The molecule has 0 aromatic heterocycles. The first-order chi connectivity index (χ1) is 6.11. The summed E-state index contributed by atoms with van der Waals surface area (Å²) in [6.07, 6.45) is 4.10. The molecule has 0 fully saturated rings. The third-order valence-electron chi connectivity index (χ3n) is 2.75. The Labute approximate surface area is 86.1 Å². The van der Waals surface area contributed by atoms with Crippen molar-refractivity contribution in [2.75, 3.05) is 0 Å². The minimum atomic E-state index is 0.869. The molecular formula is C13H30. The average molecular weight is 186 g/mol. The maximum Gasteiger partial charge on any atom is -0.0389 e. The molecule has 0 spiro atoms. The minimum Gasteiger partial charge on any atom is -0.0683 e. The molecule has 0 radical (unpaired) electrons. The molecule has 0 heterocycles. The standard InChI is InChI=1S/C11H24.C2H6/c1-6-10(5)11(7-2)8-9(3)4;1-2/h9-11H,6-8H2,1-5H3;1-2H3. The van der Waals surface area contributed by atoms with Gasteiger partial charge in [-0.15, -0.1) is 0 Å². The van der Waals surface area contributed by atoms with Gasteiger partial charge in [-0.05, 0) is 24.2 Å². The molecule has 0 nitrogen and oxygen atoms in total. The Morgan fingerprint density at radius 2 is 1.31 bits per heavy atom. The first-order valence-corrected chi connectivity index (χ1v) is 6.11. The number of rotatable bonds is 5. The van der Waals surface area contributed by atoms with Crippen molar-refractivity contribution in [2.24, 2.45) is 17.8 Å². The molecule has 0 amide bonds. The van der Waals surface area contributed by atoms with E-state index in [0.717, 1.165) is 17.8 Å². The van der Waals surface area contributed by atoms with Crippen molar-refractivity contribution < 1.29 is 0 Å². The summed E-state index contributed by atoms with van der Waals surface area (Å²) in [6, 6.07) is 0. The van der Waals surface area contributed by atoms with Gasteiger partial charge in [0.1, 0.15) is 0 Å². The second-order valence-electron chi connectivity index (χ2n) is 4.18. The summed E-state index contributed by atoms with van der Waals surface area (Å²) in [6.45, 7) is 15.7. The van der Waals surface area contributed by atoms with E-state index in [0.29, 0.717) is 0 Å². The molecule has 0 aliphatic carbocycles. The average Bonchev–Trinajstić information content (AvgIpc) is 2.16. The largest absolute Gasteiger partial charge is 0.0683 e. The summed E-state index contributed by atoms with van der Waals surface area (Å²) in [5.74, 6) is 2.75. The van der Waals surface area contributed by atoms with Crippen molar-refractivity contribution in [3.8, 4) is 0 Å². The van der Waals surface area contributed by atoms with E-state index in [-0.39, 0.29) is 0 Å². The zero-order valence-corrected chi connectivity index (χ0v) is 10.9. The van der Waals surface area contributed by atoms with Crippen LogP contribution in [0.25, 0.3) is 0 Å². The van der Waals surface area contributed by atoms with Gasteiger partial charge >= 0.3 is 0 Å². The van der Waals surface area contributed by atoms with Crippen LogP contribution in [-0.2, 0) is 0 Å². The van der Waals surface area contributed by atoms with Crippen LogP contribution in [0.3, 0.4) is 0 Å². The van der Waals surface area contributed by atoms with Gasteiger partial charge in [-0.3, -0.25) is 0 Å². The SMILES string of the molecule is CC.CCC(C)C(CC)CC(C)C. The van der Waals surface area contributed by atoms with Gasteiger partial charge in [0.25, 0.3) is 0 Å². The van der Waals surface area contributed by atoms with Crippen molar-refractivity contribution in [3.05, 3.63) is 0 Å². The fraction of sp³-hybridized carbons (Fsp3) is 1.00. The van der Waals surface area contributed by atoms with Crippen LogP contribution < -0.4 is 0 Å². The summed E-state index contributed by atoms with van der Waals surface area (Å²) < 4.78 is 0. The van der Waals surface area contributed by atoms with Gasteiger partial charge in [0.05, 0.1) is 0 Å². The van der Waals surface area contributed by atoms with Crippen LogP contribution in [0.2, 0.25) is 0 Å². The van der Waals surface area contributed by atoms with Gasteiger partial charge in [0.15, 0.2) is 0 Å². The van der Waals surface area contributed by atoms with Crippen molar-refractivity contribution in [1.82, 2.24) is 0 Å². The van der Waals surface area contributed by atoms with Crippen molar-refractivity contribution in [2.45, 2.75) is 67.7 Å². The molecule has 0 heteroatoms. The zero-order chi connectivity index (χ0) is 10.9. The molecule has 82 valence electrons. The molecule has 2 atom stereocenters. The molecule has 0 saturated carbocycles. The first-order valence-electron chi connectivity index (χ1n) is 6.11. The van der Waals surface area contributed by atoms with E-state index in [9.17, 15) is 0 Å². The molecule has 0 bridgehead atoms. The van der Waals surface area contributed by atoms with Gasteiger partial charge in [-0.1, -0.05) is 61.3 Å². The Bertz CT molecular complexity index is 84.0. The normalized spacial score (nSPS) is 14.8. The molecule has 0 rings (SSSR count). The van der Waals surface area contributed by atoms with Crippen molar-refractivity contribution in [3.63, 3.8) is 0 Å². The molecular weight excluding hydrogens is 156 g/mol. The van der Waals surface area contributed by atoms with Crippen LogP contribution in [-0.4, -0.2) is 0 Å². The molecule has 0 saturated heterocycles. The Balaban J connectivity index is 0. The van der Waals surface area contributed by atoms with E-state index in [1.54, 1.807) is 0 Å². The second-order valence-corrected chi connectivity index (χ2v) is 4.18. The Morgan fingerprint density at radius 3 is 1.54 bits per heavy atom. The Morgan fingerprint density at radius 1 is 0.846 bits per heavy atom. The van der Waals surface area contributed by atoms with E-state index < -0.39 is 0 Å². The van der Waals surface area contributed by atoms with Gasteiger partial charge in [0.2, 0.25) is 0 Å². The van der Waals surface area contributed by atoms with Crippen LogP contribution in [0.1, 0.15) is 67.7 Å². The van der Waals surface area contributed by atoms with Crippen molar-refractivity contribution in [1.29, 1.82) is 0 Å². The summed E-state index contributed by atoms with van der Waals surface area (Å²) in [5.41, 5.74) is 0. The van der Waals surface area contributed by atoms with Crippen LogP contribution in [0.5, 0.6) is 0 Å². The summed E-state index contributed by atoms with van der Waals surface area (Å²) in [4.78, 5) is 0. The molecule has 0 aliphatic heterocycles. The highest BCUT2D eigenvalue weighted by atomic mass is 14.2. The maximum atomic E-state index is 2.39. The molecule has 0 aliphatic rings. The number of hydrogen-bond donors (Lipinski definition) is 0. The highest BCUT2D eigenvalue weighted by Gasteiger charge is 2.14. The first kappa shape index (κ1) is 15.5. The van der Waals surface area contributed by atoms with E-state index in [4.69, 9.17) is 0 Å². The van der Waals surface area contributed by atoms with Crippen LogP contribution in [0.4, 0.5) is 0 Å². The lowest BCUT2D eigenvalue weighted by Gasteiger charge is -2.23. The minimum absolute atomic E-state index is 0.869. The Hall–Kier alpha value is 0. The highest BCUT2D eigenvalue weighted by molar-refractivity contribution is 4.65. The van der Waals surface area contributed by atoms with E-state index in [1.165, 1.54) is 19.3 Å². The van der Waals surface area contributed by atoms with Crippen molar-refractivity contribution >= 4 is 0 Å². The predicted molar refractivity (Wildman–Crippen MR) is 64.0 cm³/mol. The lowest BCUT2D eigenvalue weighted by Crippen LogP contribution is -2.12. The van der Waals surface area contributed by atoms with E-state index >= 15 is 0 Å². The van der Waals surface area contributed by atoms with Gasteiger partial charge in [-0.25, -0.2) is 0 Å². The molecule has 0 aromatic carbocycles. The predicted octanol–water partition coefficient (Wildman–Crippen LogP) is 5.13. The molecule has 0 N–H and O–H groups in total. The lowest BCUT2D eigenvalue weighted by atomic mass is 9.83. The van der Waals surface area contributed by atoms with E-state index in [1.807, 2.05) is 13.8 Å². The summed E-state index contributed by atoms with van der Waals surface area (Å²) >= 11 is 0. The Kier molecular flexibility index (Phi) is 12.0. The number of hydrogen-bond acceptors (Lipinski definition) is 0. The molecule has 13 heavy (non-hydrogen) atoms. The summed E-state index contributed by atoms with van der Waals surface area (Å²) in [7, 11) is 0. The van der Waals surface area contributed by atoms with Crippen LogP contribution in [0.15, 0.2) is 0 Å². The maximum absolute atomic E-state index is 2.39. The third kappa shape index (κ3) is 8.33. The molecule has 0 aromatic rings. The monoisotopic (exact) mass is 186 g/mol. The van der Waals surface area contributed by atoms with Gasteiger partial charge in [0, 0.05) is 0 Å². The lowest BCUT2D eigenvalue weighted by molar-refractivity contribution is 0.284. The van der Waals surface area contributed by atoms with Gasteiger partial charge < -0.3 is 0 Å². The quantitative estimate of drug-likeness (QED) is 0.558. The van der Waals surface area contributed by atoms with Crippen LogP contribution >= 0.6 is 0 Å². The molecule has 2 unspecified atom stereocenters. The fourth-order valence-corrected chi connectivity index (χ4v) is 1.74. The summed E-state index contributed by atoms with van der Waals surface area (Å²) in [5, 5.41) is 0. The fourth-order valence-electron chi connectivity index (χ4n) is 1.74. The van der Waals surface area contributed by atoms with Crippen LogP contribution in [0, 0.1) is 17.8 Å². The van der Waals surface area contributed by atoms with E-state index in [2.05, 4.69) is 34.6 Å². The third-order valence-corrected chi connectivity index (χ3v) is 2.75. The topological polar surface area (TPSA) is 0 Å².